The van der Waals surface area contributed by atoms with Crippen molar-refractivity contribution >= 4 is 15.7 Å². The number of nitrogens with one attached hydrogen (secondary N) is 1. The van der Waals surface area contributed by atoms with Gasteiger partial charge in [0.1, 0.15) is 0 Å². The Morgan fingerprint density at radius 1 is 1.33 bits per heavy atom. The molecule has 1 amide bonds. The van der Waals surface area contributed by atoms with Crippen LogP contribution >= 0.6 is 0 Å². The summed E-state index contributed by atoms with van der Waals surface area (Å²) in [6.45, 7) is 3.52. The number of fused-ring (bicyclic) bond motifs is 1. The fraction of sp³-hybridized carbons (Fsp3) is 0.562. The highest BCUT2D eigenvalue weighted by Crippen LogP contribution is 2.34. The highest BCUT2D eigenvalue weighted by Gasteiger charge is 2.24. The summed E-state index contributed by atoms with van der Waals surface area (Å²) in [6, 6.07) is 8.23. The Labute approximate surface area is 126 Å². The van der Waals surface area contributed by atoms with Crippen LogP contribution in [0, 0.1) is 0 Å². The molecule has 0 aromatic heterocycles. The van der Waals surface area contributed by atoms with Gasteiger partial charge in [0.05, 0.1) is 11.0 Å². The van der Waals surface area contributed by atoms with Crippen LogP contribution in [0.1, 0.15) is 43.7 Å². The maximum Gasteiger partial charge on any atom is 0.220 e. The van der Waals surface area contributed by atoms with Crippen LogP contribution in [0.4, 0.5) is 0 Å². The average molecular weight is 309 g/mol. The Kier molecular flexibility index (Phi) is 5.04. The van der Waals surface area contributed by atoms with Crippen molar-refractivity contribution in [1.82, 2.24) is 5.32 Å². The van der Waals surface area contributed by atoms with Gasteiger partial charge in [-0.3, -0.25) is 4.79 Å². The molecular formula is C16H23NO3S. The molecule has 1 atom stereocenters. The van der Waals surface area contributed by atoms with E-state index in [1.54, 1.807) is 13.8 Å². The van der Waals surface area contributed by atoms with Crippen molar-refractivity contribution in [3.63, 3.8) is 0 Å². The van der Waals surface area contributed by atoms with E-state index >= 15 is 0 Å². The number of carbonyl (C=O) groups excluding carboxylic acids is 1. The summed E-state index contributed by atoms with van der Waals surface area (Å²) in [5.74, 6) is 0.219. The molecule has 0 saturated heterocycles. The largest absolute Gasteiger partial charge is 0.355 e. The molecule has 1 aromatic rings. The number of hydrogen-bond donors (Lipinski definition) is 1. The molecular weight excluding hydrogens is 286 g/mol. The normalized spacial score (nSPS) is 17.8. The SMILES string of the molecule is CC(C)S(=O)(=O)CCNC(=O)C[C@@H]1CCc2ccccc21. The standard InChI is InChI=1S/C16H23NO3S/c1-12(2)21(19,20)10-9-17-16(18)11-14-8-7-13-5-3-4-6-15(13)14/h3-6,12,14H,7-11H2,1-2H3,(H,17,18)/t14-/m0/s1. The van der Waals surface area contributed by atoms with Gasteiger partial charge < -0.3 is 5.32 Å². The predicted octanol–water partition coefficient (Wildman–Crippen LogP) is 2.05. The zero-order valence-corrected chi connectivity index (χ0v) is 13.4. The van der Waals surface area contributed by atoms with E-state index in [1.165, 1.54) is 11.1 Å². The Morgan fingerprint density at radius 3 is 2.76 bits per heavy atom. The van der Waals surface area contributed by atoms with Gasteiger partial charge in [-0.15, -0.1) is 0 Å². The first-order chi connectivity index (χ1) is 9.90. The molecule has 0 spiro atoms. The predicted molar refractivity (Wildman–Crippen MR) is 84.1 cm³/mol. The van der Waals surface area contributed by atoms with Crippen LogP contribution in [0.15, 0.2) is 24.3 Å². The second kappa shape index (κ2) is 6.60. The summed E-state index contributed by atoms with van der Waals surface area (Å²) in [4.78, 5) is 12.0. The van der Waals surface area contributed by atoms with E-state index in [-0.39, 0.29) is 24.1 Å². The lowest BCUT2D eigenvalue weighted by molar-refractivity contribution is -0.121. The van der Waals surface area contributed by atoms with Crippen molar-refractivity contribution in [2.45, 2.75) is 44.3 Å². The minimum absolute atomic E-state index is 0.0116. The summed E-state index contributed by atoms with van der Waals surface area (Å²) in [5, 5.41) is 2.34. The van der Waals surface area contributed by atoms with Crippen molar-refractivity contribution in [2.75, 3.05) is 12.3 Å². The third-order valence-electron chi connectivity index (χ3n) is 4.12. The van der Waals surface area contributed by atoms with Crippen LogP contribution in [0.3, 0.4) is 0 Å². The van der Waals surface area contributed by atoms with Gasteiger partial charge in [0.25, 0.3) is 0 Å². The molecule has 1 aliphatic rings. The molecule has 0 fully saturated rings. The molecule has 21 heavy (non-hydrogen) atoms. The van der Waals surface area contributed by atoms with E-state index in [2.05, 4.69) is 17.4 Å². The van der Waals surface area contributed by atoms with E-state index in [0.717, 1.165) is 12.8 Å². The molecule has 1 aliphatic carbocycles. The fourth-order valence-corrected chi connectivity index (χ4v) is 3.58. The minimum atomic E-state index is -3.08. The topological polar surface area (TPSA) is 63.2 Å². The zero-order chi connectivity index (χ0) is 15.5. The van der Waals surface area contributed by atoms with Crippen LogP contribution in [0.5, 0.6) is 0 Å². The second-order valence-electron chi connectivity index (χ2n) is 5.90. The number of rotatable bonds is 6. The molecule has 4 nitrogen and oxygen atoms in total. The van der Waals surface area contributed by atoms with Crippen LogP contribution < -0.4 is 5.32 Å². The summed E-state index contributed by atoms with van der Waals surface area (Å²) < 4.78 is 23.3. The maximum atomic E-state index is 12.0. The van der Waals surface area contributed by atoms with Gasteiger partial charge in [0.2, 0.25) is 5.91 Å². The molecule has 0 aliphatic heterocycles. The number of benzene rings is 1. The number of carbonyl (C=O) groups is 1. The van der Waals surface area contributed by atoms with E-state index < -0.39 is 15.1 Å². The third kappa shape index (κ3) is 4.06. The molecule has 1 aromatic carbocycles. The molecule has 0 bridgehead atoms. The van der Waals surface area contributed by atoms with Gasteiger partial charge in [0, 0.05) is 13.0 Å². The quantitative estimate of drug-likeness (QED) is 0.874. The van der Waals surface area contributed by atoms with Gasteiger partial charge in [-0.1, -0.05) is 24.3 Å². The Morgan fingerprint density at radius 2 is 2.05 bits per heavy atom. The van der Waals surface area contributed by atoms with Gasteiger partial charge in [-0.25, -0.2) is 8.42 Å². The van der Waals surface area contributed by atoms with Crippen molar-refractivity contribution in [1.29, 1.82) is 0 Å². The van der Waals surface area contributed by atoms with Gasteiger partial charge in [-0.05, 0) is 43.7 Å². The average Bonchev–Trinajstić information content (AvgIpc) is 2.82. The fourth-order valence-electron chi connectivity index (χ4n) is 2.72. The Bertz CT molecular complexity index is 608. The van der Waals surface area contributed by atoms with E-state index in [1.807, 2.05) is 12.1 Å². The van der Waals surface area contributed by atoms with Crippen LogP contribution in [-0.2, 0) is 21.1 Å². The number of hydrogen-bond acceptors (Lipinski definition) is 3. The summed E-state index contributed by atoms with van der Waals surface area (Å²) >= 11 is 0. The van der Waals surface area contributed by atoms with E-state index in [4.69, 9.17) is 0 Å². The highest BCUT2D eigenvalue weighted by atomic mass is 32.2. The Balaban J connectivity index is 1.82. The lowest BCUT2D eigenvalue weighted by Crippen LogP contribution is -2.32. The molecule has 1 N–H and O–H groups in total. The van der Waals surface area contributed by atoms with Gasteiger partial charge in [-0.2, -0.15) is 0 Å². The van der Waals surface area contributed by atoms with Crippen LogP contribution in [-0.4, -0.2) is 31.9 Å². The van der Waals surface area contributed by atoms with E-state index in [9.17, 15) is 13.2 Å². The number of aryl methyl sites for hydroxylation is 1. The first-order valence-corrected chi connectivity index (χ1v) is 9.18. The molecule has 0 unspecified atom stereocenters. The molecule has 0 saturated carbocycles. The second-order valence-corrected chi connectivity index (χ2v) is 8.58. The molecule has 0 radical (unpaired) electrons. The van der Waals surface area contributed by atoms with Crippen LogP contribution in [0.2, 0.25) is 0 Å². The number of amides is 1. The summed E-state index contributed by atoms with van der Waals surface area (Å²) in [7, 11) is -3.08. The molecule has 2 rings (SSSR count). The third-order valence-corrected chi connectivity index (χ3v) is 6.33. The maximum absolute atomic E-state index is 12.0. The van der Waals surface area contributed by atoms with Crippen molar-refractivity contribution in [2.24, 2.45) is 0 Å². The van der Waals surface area contributed by atoms with Crippen molar-refractivity contribution in [3.05, 3.63) is 35.4 Å². The van der Waals surface area contributed by atoms with Crippen LogP contribution in [0.25, 0.3) is 0 Å². The van der Waals surface area contributed by atoms with Crippen molar-refractivity contribution < 1.29 is 13.2 Å². The van der Waals surface area contributed by atoms with E-state index in [0.29, 0.717) is 6.42 Å². The zero-order valence-electron chi connectivity index (χ0n) is 12.6. The smallest absolute Gasteiger partial charge is 0.220 e. The monoisotopic (exact) mass is 309 g/mol. The summed E-state index contributed by atoms with van der Waals surface area (Å²) in [6.07, 6.45) is 2.46. The lowest BCUT2D eigenvalue weighted by Gasteiger charge is -2.12. The minimum Gasteiger partial charge on any atom is -0.355 e. The number of sulfone groups is 1. The molecule has 0 heterocycles. The molecule has 5 heteroatoms. The highest BCUT2D eigenvalue weighted by molar-refractivity contribution is 7.92. The van der Waals surface area contributed by atoms with Gasteiger partial charge >= 0.3 is 0 Å². The Hall–Kier alpha value is -1.36. The van der Waals surface area contributed by atoms with Crippen molar-refractivity contribution in [3.8, 4) is 0 Å². The lowest BCUT2D eigenvalue weighted by atomic mass is 9.97. The first kappa shape index (κ1) is 16.0. The summed E-state index contributed by atoms with van der Waals surface area (Å²) in [5.41, 5.74) is 2.60. The first-order valence-electron chi connectivity index (χ1n) is 7.46. The van der Waals surface area contributed by atoms with Gasteiger partial charge in [0.15, 0.2) is 9.84 Å². The molecule has 116 valence electrons.